The summed E-state index contributed by atoms with van der Waals surface area (Å²) in [6.07, 6.45) is 6.67. The van der Waals surface area contributed by atoms with Crippen LogP contribution < -0.4 is 4.74 Å². The van der Waals surface area contributed by atoms with Gasteiger partial charge in [-0.15, -0.1) is 0 Å². The zero-order valence-corrected chi connectivity index (χ0v) is 19.3. The summed E-state index contributed by atoms with van der Waals surface area (Å²) in [4.78, 5) is 5.07. The predicted octanol–water partition coefficient (Wildman–Crippen LogP) is 7.75. The van der Waals surface area contributed by atoms with Gasteiger partial charge < -0.3 is 9.15 Å². The minimum absolute atomic E-state index is 0.371. The number of nitrogens with zero attached hydrogens (tertiary/aromatic N) is 1. The van der Waals surface area contributed by atoms with E-state index in [1.54, 1.807) is 7.11 Å². The quantitative estimate of drug-likeness (QED) is 0.310. The van der Waals surface area contributed by atoms with E-state index < -0.39 is 0 Å². The van der Waals surface area contributed by atoms with Gasteiger partial charge in [-0.2, -0.15) is 0 Å². The van der Waals surface area contributed by atoms with Crippen LogP contribution >= 0.6 is 0 Å². The van der Waals surface area contributed by atoms with Crippen LogP contribution in [0, 0.1) is 12.8 Å². The molecule has 1 unspecified atom stereocenters. The van der Waals surface area contributed by atoms with E-state index in [0.717, 1.165) is 53.5 Å². The molecule has 1 aliphatic rings. The van der Waals surface area contributed by atoms with Crippen LogP contribution in [-0.4, -0.2) is 12.1 Å². The van der Waals surface area contributed by atoms with Crippen LogP contribution in [0.1, 0.15) is 36.3 Å². The molecule has 0 bridgehead atoms. The molecular formula is C30H29NO2. The smallest absolute Gasteiger partial charge is 0.223 e. The van der Waals surface area contributed by atoms with Crippen LogP contribution in [0.25, 0.3) is 28.2 Å². The Labute approximate surface area is 195 Å². The van der Waals surface area contributed by atoms with Crippen LogP contribution in [0.15, 0.2) is 89.4 Å². The van der Waals surface area contributed by atoms with E-state index in [2.05, 4.69) is 49.4 Å². The summed E-state index contributed by atoms with van der Waals surface area (Å²) in [5, 5.41) is 0. The highest BCUT2D eigenvalue weighted by Gasteiger charge is 2.26. The molecule has 1 atom stereocenters. The molecule has 33 heavy (non-hydrogen) atoms. The first-order valence-electron chi connectivity index (χ1n) is 11.7. The molecule has 0 radical (unpaired) electrons. The fourth-order valence-corrected chi connectivity index (χ4v) is 4.81. The average Bonchev–Trinajstić information content (AvgIpc) is 3.32. The first kappa shape index (κ1) is 21.3. The molecule has 0 N–H and O–H groups in total. The van der Waals surface area contributed by atoms with Gasteiger partial charge in [0.25, 0.3) is 0 Å². The van der Waals surface area contributed by atoms with Crippen molar-refractivity contribution < 1.29 is 9.15 Å². The lowest BCUT2D eigenvalue weighted by Gasteiger charge is -2.23. The van der Waals surface area contributed by atoms with Gasteiger partial charge in [0.15, 0.2) is 5.76 Å². The molecular weight excluding hydrogens is 406 g/mol. The molecule has 4 aromatic rings. The number of allylic oxidation sites excluding steroid dienone is 2. The molecule has 3 heteroatoms. The van der Waals surface area contributed by atoms with Crippen molar-refractivity contribution in [3.05, 3.63) is 102 Å². The van der Waals surface area contributed by atoms with Crippen LogP contribution in [-0.2, 0) is 6.42 Å². The third-order valence-electron chi connectivity index (χ3n) is 6.60. The number of rotatable bonds is 6. The summed E-state index contributed by atoms with van der Waals surface area (Å²) in [6, 6.07) is 26.9. The maximum atomic E-state index is 6.53. The Morgan fingerprint density at radius 2 is 1.64 bits per heavy atom. The molecule has 0 saturated heterocycles. The topological polar surface area (TPSA) is 35.3 Å². The van der Waals surface area contributed by atoms with E-state index in [4.69, 9.17) is 14.1 Å². The summed E-state index contributed by atoms with van der Waals surface area (Å²) in [7, 11) is 1.74. The molecule has 0 amide bonds. The number of methoxy groups -OCH3 is 1. The second-order valence-electron chi connectivity index (χ2n) is 8.66. The first-order chi connectivity index (χ1) is 16.2. The number of benzene rings is 3. The Morgan fingerprint density at radius 3 is 2.36 bits per heavy atom. The highest BCUT2D eigenvalue weighted by atomic mass is 16.5. The molecule has 1 heterocycles. The minimum Gasteiger partial charge on any atom is -0.496 e. The van der Waals surface area contributed by atoms with E-state index in [-0.39, 0.29) is 0 Å². The molecule has 0 fully saturated rings. The molecule has 1 aliphatic carbocycles. The van der Waals surface area contributed by atoms with Crippen LogP contribution in [0.5, 0.6) is 5.75 Å². The third kappa shape index (κ3) is 4.36. The van der Waals surface area contributed by atoms with Gasteiger partial charge in [-0.25, -0.2) is 4.98 Å². The van der Waals surface area contributed by atoms with Gasteiger partial charge >= 0.3 is 0 Å². The SMILES string of the molecule is COc1cccc(CC2CCCC=C2c2nc(-c3ccccc3)c(-c3ccccc3)o2)c1C. The summed E-state index contributed by atoms with van der Waals surface area (Å²) in [5.74, 6) is 2.90. The van der Waals surface area contributed by atoms with Gasteiger partial charge in [0.2, 0.25) is 5.89 Å². The lowest BCUT2D eigenvalue weighted by molar-refractivity contribution is 0.410. The van der Waals surface area contributed by atoms with Crippen molar-refractivity contribution in [1.29, 1.82) is 0 Å². The molecule has 0 spiro atoms. The number of hydrogen-bond donors (Lipinski definition) is 0. The van der Waals surface area contributed by atoms with Crippen molar-refractivity contribution in [2.24, 2.45) is 5.92 Å². The third-order valence-corrected chi connectivity index (χ3v) is 6.60. The Morgan fingerprint density at radius 1 is 0.909 bits per heavy atom. The van der Waals surface area contributed by atoms with Gasteiger partial charge in [0.05, 0.1) is 7.11 Å². The first-order valence-corrected chi connectivity index (χ1v) is 11.7. The van der Waals surface area contributed by atoms with E-state index in [1.165, 1.54) is 23.1 Å². The Hall–Kier alpha value is -3.59. The number of aromatic nitrogens is 1. The van der Waals surface area contributed by atoms with Gasteiger partial charge in [-0.3, -0.25) is 0 Å². The number of hydrogen-bond acceptors (Lipinski definition) is 3. The van der Waals surface area contributed by atoms with E-state index >= 15 is 0 Å². The molecule has 1 aromatic heterocycles. The summed E-state index contributed by atoms with van der Waals surface area (Å²) in [5.41, 5.74) is 6.79. The molecule has 3 aromatic carbocycles. The normalized spacial score (nSPS) is 15.8. The molecule has 166 valence electrons. The number of ether oxygens (including phenoxy) is 1. The van der Waals surface area contributed by atoms with Crippen LogP contribution in [0.3, 0.4) is 0 Å². The standard InChI is InChI=1S/C30H29NO2/c1-21-24(17-11-19-27(21)32-2)20-25-16-9-10-18-26(25)30-31-28(22-12-5-3-6-13-22)29(33-30)23-14-7-4-8-15-23/h3-8,11-15,17-19,25H,9-10,16,20H2,1-2H3. The van der Waals surface area contributed by atoms with E-state index in [9.17, 15) is 0 Å². The highest BCUT2D eigenvalue weighted by Crippen LogP contribution is 2.40. The van der Waals surface area contributed by atoms with Crippen LogP contribution in [0.2, 0.25) is 0 Å². The second kappa shape index (κ2) is 9.50. The van der Waals surface area contributed by atoms with Crippen molar-refractivity contribution in [2.45, 2.75) is 32.6 Å². The average molecular weight is 436 g/mol. The lowest BCUT2D eigenvalue weighted by Crippen LogP contribution is -2.12. The Kier molecular flexibility index (Phi) is 6.12. The van der Waals surface area contributed by atoms with Gasteiger partial charge in [-0.05, 0) is 55.7 Å². The maximum absolute atomic E-state index is 6.53. The molecule has 3 nitrogen and oxygen atoms in total. The van der Waals surface area contributed by atoms with Crippen molar-refractivity contribution in [1.82, 2.24) is 4.98 Å². The molecule has 0 aliphatic heterocycles. The molecule has 5 rings (SSSR count). The second-order valence-corrected chi connectivity index (χ2v) is 8.66. The zero-order chi connectivity index (χ0) is 22.6. The summed E-state index contributed by atoms with van der Waals surface area (Å²) >= 11 is 0. The van der Waals surface area contributed by atoms with E-state index in [0.29, 0.717) is 5.92 Å². The monoisotopic (exact) mass is 435 g/mol. The van der Waals surface area contributed by atoms with Crippen LogP contribution in [0.4, 0.5) is 0 Å². The number of oxazole rings is 1. The Balaban J connectivity index is 1.55. The summed E-state index contributed by atoms with van der Waals surface area (Å²) in [6.45, 7) is 2.15. The fourth-order valence-electron chi connectivity index (χ4n) is 4.81. The van der Waals surface area contributed by atoms with Gasteiger partial charge in [-0.1, -0.05) is 78.9 Å². The predicted molar refractivity (Wildman–Crippen MR) is 134 cm³/mol. The molecule has 0 saturated carbocycles. The van der Waals surface area contributed by atoms with Crippen molar-refractivity contribution >= 4 is 5.57 Å². The Bertz CT molecular complexity index is 1200. The lowest BCUT2D eigenvalue weighted by atomic mass is 9.82. The largest absolute Gasteiger partial charge is 0.496 e. The fraction of sp³-hybridized carbons (Fsp3) is 0.233. The van der Waals surface area contributed by atoms with Crippen molar-refractivity contribution in [3.8, 4) is 28.3 Å². The van der Waals surface area contributed by atoms with E-state index in [1.807, 2.05) is 42.5 Å². The maximum Gasteiger partial charge on any atom is 0.223 e. The zero-order valence-electron chi connectivity index (χ0n) is 19.3. The van der Waals surface area contributed by atoms with Crippen molar-refractivity contribution in [2.75, 3.05) is 7.11 Å². The van der Waals surface area contributed by atoms with Gasteiger partial charge in [0.1, 0.15) is 11.4 Å². The van der Waals surface area contributed by atoms with Crippen molar-refractivity contribution in [3.63, 3.8) is 0 Å². The summed E-state index contributed by atoms with van der Waals surface area (Å²) < 4.78 is 12.1. The minimum atomic E-state index is 0.371. The highest BCUT2D eigenvalue weighted by molar-refractivity contribution is 5.79. The van der Waals surface area contributed by atoms with Gasteiger partial charge in [0, 0.05) is 16.7 Å².